The first-order chi connectivity index (χ1) is 12.9. The Morgan fingerprint density at radius 1 is 1.15 bits per heavy atom. The van der Waals surface area contributed by atoms with E-state index in [2.05, 4.69) is 12.2 Å². The number of hydrogen-bond donors (Lipinski definition) is 1. The van der Waals surface area contributed by atoms with Crippen LogP contribution >= 0.6 is 0 Å². The Kier molecular flexibility index (Phi) is 5.27. The van der Waals surface area contributed by atoms with E-state index in [1.165, 1.54) is 42.1 Å². The summed E-state index contributed by atoms with van der Waals surface area (Å²) < 4.78 is 32.0. The third kappa shape index (κ3) is 3.77. The molecule has 1 heterocycles. The number of amides is 1. The molecule has 2 saturated carbocycles. The zero-order valence-corrected chi connectivity index (χ0v) is 16.6. The Bertz CT molecular complexity index is 787. The van der Waals surface area contributed by atoms with Crippen molar-refractivity contribution in [2.24, 2.45) is 17.8 Å². The zero-order chi connectivity index (χ0) is 19.0. The van der Waals surface area contributed by atoms with E-state index in [0.717, 1.165) is 11.8 Å². The second kappa shape index (κ2) is 7.53. The summed E-state index contributed by atoms with van der Waals surface area (Å²) in [4.78, 5) is 12.8. The normalized spacial score (nSPS) is 29.6. The summed E-state index contributed by atoms with van der Waals surface area (Å²) >= 11 is 0. The number of benzene rings is 1. The Balaban J connectivity index is 1.40. The number of rotatable bonds is 5. The highest BCUT2D eigenvalue weighted by Crippen LogP contribution is 2.49. The van der Waals surface area contributed by atoms with Crippen LogP contribution in [0.1, 0.15) is 43.0 Å². The molecule has 0 radical (unpaired) electrons. The molecule has 3 fully saturated rings. The molecule has 1 aromatic rings. The first kappa shape index (κ1) is 18.9. The van der Waals surface area contributed by atoms with E-state index in [0.29, 0.717) is 37.8 Å². The summed E-state index contributed by atoms with van der Waals surface area (Å²) in [6.07, 6.45) is 5.19. The number of morpholine rings is 1. The van der Waals surface area contributed by atoms with Crippen LogP contribution in [0.5, 0.6) is 0 Å². The van der Waals surface area contributed by atoms with Gasteiger partial charge in [-0.25, -0.2) is 8.42 Å². The Hall–Kier alpha value is -1.44. The van der Waals surface area contributed by atoms with Gasteiger partial charge in [-0.15, -0.1) is 0 Å². The van der Waals surface area contributed by atoms with E-state index in [4.69, 9.17) is 4.74 Å². The lowest BCUT2D eigenvalue weighted by atomic mass is 9.84. The van der Waals surface area contributed by atoms with Crippen molar-refractivity contribution in [1.29, 1.82) is 0 Å². The largest absolute Gasteiger partial charge is 0.379 e. The van der Waals surface area contributed by atoms with Crippen LogP contribution in [0.3, 0.4) is 0 Å². The number of ether oxygens (including phenoxy) is 1. The van der Waals surface area contributed by atoms with Gasteiger partial charge in [-0.1, -0.05) is 6.42 Å². The molecule has 7 heteroatoms. The van der Waals surface area contributed by atoms with E-state index >= 15 is 0 Å². The third-order valence-electron chi connectivity index (χ3n) is 6.52. The number of nitrogens with one attached hydrogen (secondary N) is 1. The fourth-order valence-corrected chi connectivity index (χ4v) is 6.43. The molecule has 1 aliphatic heterocycles. The second-order valence-corrected chi connectivity index (χ2v) is 10.1. The molecule has 1 N–H and O–H groups in total. The van der Waals surface area contributed by atoms with Gasteiger partial charge in [0.15, 0.2) is 0 Å². The fourth-order valence-electron chi connectivity index (χ4n) is 5.02. The Labute approximate surface area is 161 Å². The number of fused-ring (bicyclic) bond motifs is 2. The third-order valence-corrected chi connectivity index (χ3v) is 8.43. The molecule has 4 unspecified atom stereocenters. The summed E-state index contributed by atoms with van der Waals surface area (Å²) in [5, 5.41) is 3.13. The van der Waals surface area contributed by atoms with Crippen molar-refractivity contribution in [3.63, 3.8) is 0 Å². The number of carbonyl (C=O) groups excluding carboxylic acids is 1. The Morgan fingerprint density at radius 2 is 1.85 bits per heavy atom. The maximum absolute atomic E-state index is 12.7. The summed E-state index contributed by atoms with van der Waals surface area (Å²) in [6, 6.07) is 6.43. The standard InChI is InChI=1S/C20H28N2O4S/c1-14(19-13-15-2-3-17(19)12-15)21-20(23)16-4-6-18(7-5-16)27(24,25)22-8-10-26-11-9-22/h4-7,14-15,17,19H,2-3,8-13H2,1H3,(H,21,23). The van der Waals surface area contributed by atoms with E-state index in [9.17, 15) is 13.2 Å². The van der Waals surface area contributed by atoms with Crippen molar-refractivity contribution >= 4 is 15.9 Å². The minimum atomic E-state index is -3.52. The van der Waals surface area contributed by atoms with Crippen LogP contribution in [0, 0.1) is 17.8 Å². The van der Waals surface area contributed by atoms with Gasteiger partial charge in [0.1, 0.15) is 0 Å². The molecule has 27 heavy (non-hydrogen) atoms. The van der Waals surface area contributed by atoms with Crippen LogP contribution in [0.15, 0.2) is 29.2 Å². The van der Waals surface area contributed by atoms with Crippen molar-refractivity contribution in [3.05, 3.63) is 29.8 Å². The zero-order valence-electron chi connectivity index (χ0n) is 15.8. The monoisotopic (exact) mass is 392 g/mol. The van der Waals surface area contributed by atoms with Gasteiger partial charge in [0.25, 0.3) is 5.91 Å². The highest BCUT2D eigenvalue weighted by Gasteiger charge is 2.42. The van der Waals surface area contributed by atoms with Gasteiger partial charge in [-0.2, -0.15) is 4.31 Å². The van der Waals surface area contributed by atoms with Gasteiger partial charge in [0.05, 0.1) is 18.1 Å². The maximum atomic E-state index is 12.7. The molecular formula is C20H28N2O4S. The summed E-state index contributed by atoms with van der Waals surface area (Å²) in [5.41, 5.74) is 0.505. The number of hydrogen-bond acceptors (Lipinski definition) is 4. The molecule has 0 spiro atoms. The van der Waals surface area contributed by atoms with Gasteiger partial charge < -0.3 is 10.1 Å². The summed E-state index contributed by atoms with van der Waals surface area (Å²) in [7, 11) is -3.52. The van der Waals surface area contributed by atoms with Crippen LogP contribution in [0.2, 0.25) is 0 Å². The molecule has 2 aliphatic carbocycles. The summed E-state index contributed by atoms with van der Waals surface area (Å²) in [6.45, 7) is 3.67. The van der Waals surface area contributed by atoms with Crippen molar-refractivity contribution in [2.45, 2.75) is 43.5 Å². The van der Waals surface area contributed by atoms with Crippen LogP contribution < -0.4 is 5.32 Å². The number of nitrogens with zero attached hydrogens (tertiary/aromatic N) is 1. The van der Waals surface area contributed by atoms with E-state index < -0.39 is 10.0 Å². The van der Waals surface area contributed by atoms with Crippen molar-refractivity contribution in [1.82, 2.24) is 9.62 Å². The van der Waals surface area contributed by atoms with Gasteiger partial charge in [-0.05, 0) is 68.2 Å². The first-order valence-electron chi connectivity index (χ1n) is 9.94. The average molecular weight is 393 g/mol. The predicted molar refractivity (Wildman–Crippen MR) is 102 cm³/mol. The molecule has 3 aliphatic rings. The Morgan fingerprint density at radius 3 is 2.44 bits per heavy atom. The van der Waals surface area contributed by atoms with Crippen LogP contribution in [0.25, 0.3) is 0 Å². The van der Waals surface area contributed by atoms with Crippen LogP contribution in [-0.2, 0) is 14.8 Å². The van der Waals surface area contributed by atoms with Crippen molar-refractivity contribution < 1.29 is 17.9 Å². The van der Waals surface area contributed by atoms with Gasteiger partial charge >= 0.3 is 0 Å². The smallest absolute Gasteiger partial charge is 0.251 e. The molecule has 4 atom stereocenters. The number of carbonyl (C=O) groups is 1. The second-order valence-electron chi connectivity index (χ2n) is 8.14. The quantitative estimate of drug-likeness (QED) is 0.834. The molecular weight excluding hydrogens is 364 g/mol. The van der Waals surface area contributed by atoms with E-state index in [-0.39, 0.29) is 16.8 Å². The molecule has 1 saturated heterocycles. The highest BCUT2D eigenvalue weighted by molar-refractivity contribution is 7.89. The molecule has 1 aromatic carbocycles. The van der Waals surface area contributed by atoms with Gasteiger partial charge in [0.2, 0.25) is 10.0 Å². The van der Waals surface area contributed by atoms with Crippen molar-refractivity contribution in [3.8, 4) is 0 Å². The van der Waals surface area contributed by atoms with Gasteiger partial charge in [-0.3, -0.25) is 4.79 Å². The fraction of sp³-hybridized carbons (Fsp3) is 0.650. The van der Waals surface area contributed by atoms with E-state index in [1.807, 2.05) is 0 Å². The topological polar surface area (TPSA) is 75.7 Å². The molecule has 1 amide bonds. The summed E-state index contributed by atoms with van der Waals surface area (Å²) in [5.74, 6) is 2.06. The number of sulfonamides is 1. The molecule has 148 valence electrons. The lowest BCUT2D eigenvalue weighted by Crippen LogP contribution is -2.41. The lowest BCUT2D eigenvalue weighted by molar-refractivity contribution is 0.0730. The molecule has 0 aromatic heterocycles. The van der Waals surface area contributed by atoms with Gasteiger partial charge in [0, 0.05) is 24.7 Å². The SMILES string of the molecule is CC(NC(=O)c1ccc(S(=O)(=O)N2CCOCC2)cc1)C1CC2CCC1C2. The first-order valence-corrected chi connectivity index (χ1v) is 11.4. The predicted octanol–water partition coefficient (Wildman–Crippen LogP) is 2.26. The van der Waals surface area contributed by atoms with Crippen LogP contribution in [0.4, 0.5) is 0 Å². The molecule has 4 rings (SSSR count). The molecule has 6 nitrogen and oxygen atoms in total. The lowest BCUT2D eigenvalue weighted by Gasteiger charge is -2.28. The molecule has 2 bridgehead atoms. The minimum Gasteiger partial charge on any atom is -0.379 e. The highest BCUT2D eigenvalue weighted by atomic mass is 32.2. The average Bonchev–Trinajstić information content (AvgIpc) is 3.32. The minimum absolute atomic E-state index is 0.124. The maximum Gasteiger partial charge on any atom is 0.251 e. The van der Waals surface area contributed by atoms with E-state index in [1.54, 1.807) is 12.1 Å². The van der Waals surface area contributed by atoms with Crippen molar-refractivity contribution in [2.75, 3.05) is 26.3 Å². The van der Waals surface area contributed by atoms with Crippen LogP contribution in [-0.4, -0.2) is 51.0 Å².